The zero-order valence-corrected chi connectivity index (χ0v) is 10.5. The summed E-state index contributed by atoms with van der Waals surface area (Å²) in [6.07, 6.45) is 8.44. The summed E-state index contributed by atoms with van der Waals surface area (Å²) in [5, 5.41) is 0. The number of nitrogens with two attached hydrogens (primary N) is 1. The van der Waals surface area contributed by atoms with Crippen LogP contribution in [0, 0.1) is 5.92 Å². The average molecular weight is 241 g/mol. The summed E-state index contributed by atoms with van der Waals surface area (Å²) in [6.45, 7) is 0. The standard InChI is InChI=1S/C16H19NO/c17-13-9-8-12(10-13)16(18)15-7-2-1-6-14(15)11-4-3-5-11/h1-2,6-9,11-13H,3-5,10,17H2. The smallest absolute Gasteiger partial charge is 0.170 e. The molecule has 1 aromatic rings. The molecule has 0 heterocycles. The first-order valence-electron chi connectivity index (χ1n) is 6.83. The van der Waals surface area contributed by atoms with Crippen LogP contribution in [-0.4, -0.2) is 11.8 Å². The summed E-state index contributed by atoms with van der Waals surface area (Å²) in [5.74, 6) is 0.840. The highest BCUT2D eigenvalue weighted by atomic mass is 16.1. The molecule has 2 atom stereocenters. The number of allylic oxidation sites excluding steroid dienone is 1. The fourth-order valence-corrected chi connectivity index (χ4v) is 2.92. The van der Waals surface area contributed by atoms with Crippen molar-refractivity contribution in [1.82, 2.24) is 0 Å². The van der Waals surface area contributed by atoms with Gasteiger partial charge in [0.05, 0.1) is 0 Å². The first kappa shape index (κ1) is 11.7. The SMILES string of the molecule is NC1C=CC(C(=O)c2ccccc2C2CCC2)C1. The van der Waals surface area contributed by atoms with Gasteiger partial charge in [-0.1, -0.05) is 42.8 Å². The molecule has 3 rings (SSSR count). The van der Waals surface area contributed by atoms with Gasteiger partial charge in [0.2, 0.25) is 0 Å². The Hall–Kier alpha value is -1.41. The van der Waals surface area contributed by atoms with Gasteiger partial charge in [-0.2, -0.15) is 0 Å². The number of rotatable bonds is 3. The highest BCUT2D eigenvalue weighted by Crippen LogP contribution is 2.38. The summed E-state index contributed by atoms with van der Waals surface area (Å²) in [7, 11) is 0. The van der Waals surface area contributed by atoms with Crippen molar-refractivity contribution in [2.45, 2.75) is 37.6 Å². The van der Waals surface area contributed by atoms with Crippen LogP contribution in [0.2, 0.25) is 0 Å². The van der Waals surface area contributed by atoms with Gasteiger partial charge in [0.25, 0.3) is 0 Å². The van der Waals surface area contributed by atoms with Gasteiger partial charge >= 0.3 is 0 Å². The molecule has 1 saturated carbocycles. The molecule has 18 heavy (non-hydrogen) atoms. The topological polar surface area (TPSA) is 43.1 Å². The predicted molar refractivity (Wildman–Crippen MR) is 72.6 cm³/mol. The predicted octanol–water partition coefficient (Wildman–Crippen LogP) is 3.04. The van der Waals surface area contributed by atoms with E-state index in [0.29, 0.717) is 5.92 Å². The van der Waals surface area contributed by atoms with Crippen LogP contribution in [0.1, 0.15) is 47.5 Å². The quantitative estimate of drug-likeness (QED) is 0.653. The number of Topliss-reactive ketones (excluding diaryl/α,β-unsaturated/α-hetero) is 1. The molecule has 94 valence electrons. The van der Waals surface area contributed by atoms with Crippen LogP contribution in [-0.2, 0) is 0 Å². The van der Waals surface area contributed by atoms with Crippen LogP contribution < -0.4 is 5.73 Å². The number of hydrogen-bond acceptors (Lipinski definition) is 2. The second kappa shape index (κ2) is 4.69. The largest absolute Gasteiger partial charge is 0.324 e. The lowest BCUT2D eigenvalue weighted by Crippen LogP contribution is -2.21. The maximum atomic E-state index is 12.6. The van der Waals surface area contributed by atoms with Crippen LogP contribution in [0.3, 0.4) is 0 Å². The fraction of sp³-hybridized carbons (Fsp3) is 0.438. The van der Waals surface area contributed by atoms with Crippen molar-refractivity contribution in [3.8, 4) is 0 Å². The van der Waals surface area contributed by atoms with Gasteiger partial charge in [-0.15, -0.1) is 0 Å². The van der Waals surface area contributed by atoms with E-state index in [1.165, 1.54) is 24.8 Å². The van der Waals surface area contributed by atoms with E-state index in [0.717, 1.165) is 12.0 Å². The summed E-state index contributed by atoms with van der Waals surface area (Å²) < 4.78 is 0. The number of carbonyl (C=O) groups is 1. The average Bonchev–Trinajstić information content (AvgIpc) is 2.74. The molecule has 1 aromatic carbocycles. The van der Waals surface area contributed by atoms with Crippen LogP contribution in [0.5, 0.6) is 0 Å². The molecule has 2 heteroatoms. The van der Waals surface area contributed by atoms with E-state index in [4.69, 9.17) is 5.73 Å². The van der Waals surface area contributed by atoms with Crippen molar-refractivity contribution in [2.24, 2.45) is 11.7 Å². The Bertz CT molecular complexity index is 488. The monoisotopic (exact) mass is 241 g/mol. The molecule has 0 aromatic heterocycles. The van der Waals surface area contributed by atoms with Gasteiger partial charge in [-0.3, -0.25) is 4.79 Å². The Balaban J connectivity index is 1.87. The highest BCUT2D eigenvalue weighted by Gasteiger charge is 2.28. The molecular weight excluding hydrogens is 222 g/mol. The molecule has 0 spiro atoms. The van der Waals surface area contributed by atoms with E-state index < -0.39 is 0 Å². The lowest BCUT2D eigenvalue weighted by Gasteiger charge is -2.28. The second-order valence-corrected chi connectivity index (χ2v) is 5.47. The lowest BCUT2D eigenvalue weighted by atomic mass is 9.76. The Morgan fingerprint density at radius 3 is 2.56 bits per heavy atom. The van der Waals surface area contributed by atoms with Crippen molar-refractivity contribution in [3.05, 3.63) is 47.5 Å². The Morgan fingerprint density at radius 2 is 1.94 bits per heavy atom. The first-order valence-corrected chi connectivity index (χ1v) is 6.83. The Labute approximate surface area is 108 Å². The molecule has 2 aliphatic rings. The third kappa shape index (κ3) is 2.01. The number of benzene rings is 1. The maximum Gasteiger partial charge on any atom is 0.170 e. The third-order valence-electron chi connectivity index (χ3n) is 4.22. The molecule has 2 unspecified atom stereocenters. The van der Waals surface area contributed by atoms with Crippen molar-refractivity contribution in [3.63, 3.8) is 0 Å². The summed E-state index contributed by atoms with van der Waals surface area (Å²) >= 11 is 0. The molecule has 1 fully saturated rings. The van der Waals surface area contributed by atoms with E-state index in [2.05, 4.69) is 6.07 Å². The molecule has 2 nitrogen and oxygen atoms in total. The first-order chi connectivity index (χ1) is 8.75. The highest BCUT2D eigenvalue weighted by molar-refractivity contribution is 6.00. The minimum absolute atomic E-state index is 0.0128. The summed E-state index contributed by atoms with van der Waals surface area (Å²) in [5.41, 5.74) is 8.01. The number of hydrogen-bond donors (Lipinski definition) is 1. The van der Waals surface area contributed by atoms with Crippen molar-refractivity contribution in [1.29, 1.82) is 0 Å². The van der Waals surface area contributed by atoms with E-state index in [1.54, 1.807) is 0 Å². The molecule has 2 aliphatic carbocycles. The van der Waals surface area contributed by atoms with Crippen molar-refractivity contribution in [2.75, 3.05) is 0 Å². The van der Waals surface area contributed by atoms with Crippen LogP contribution in [0.4, 0.5) is 0 Å². The molecule has 0 saturated heterocycles. The molecule has 0 radical (unpaired) electrons. The van der Waals surface area contributed by atoms with E-state index in [9.17, 15) is 4.79 Å². The van der Waals surface area contributed by atoms with Crippen LogP contribution in [0.15, 0.2) is 36.4 Å². The minimum Gasteiger partial charge on any atom is -0.324 e. The zero-order valence-electron chi connectivity index (χ0n) is 10.5. The van der Waals surface area contributed by atoms with Gasteiger partial charge in [-0.05, 0) is 30.7 Å². The molecular formula is C16H19NO. The molecule has 0 bridgehead atoms. The van der Waals surface area contributed by atoms with Crippen molar-refractivity contribution >= 4 is 5.78 Å². The molecule has 2 N–H and O–H groups in total. The minimum atomic E-state index is -0.0128. The van der Waals surface area contributed by atoms with E-state index in [1.807, 2.05) is 30.4 Å². The summed E-state index contributed by atoms with van der Waals surface area (Å²) in [4.78, 5) is 12.6. The normalized spacial score (nSPS) is 27.2. The Morgan fingerprint density at radius 1 is 1.17 bits per heavy atom. The Kier molecular flexibility index (Phi) is 3.04. The second-order valence-electron chi connectivity index (χ2n) is 5.47. The zero-order chi connectivity index (χ0) is 12.5. The van der Waals surface area contributed by atoms with E-state index >= 15 is 0 Å². The van der Waals surface area contributed by atoms with Gasteiger partial charge in [0.15, 0.2) is 5.78 Å². The van der Waals surface area contributed by atoms with Gasteiger partial charge in [-0.25, -0.2) is 0 Å². The number of ketones is 1. The third-order valence-corrected chi connectivity index (χ3v) is 4.22. The fourth-order valence-electron chi connectivity index (χ4n) is 2.92. The lowest BCUT2D eigenvalue weighted by molar-refractivity contribution is 0.0941. The summed E-state index contributed by atoms with van der Waals surface area (Å²) in [6, 6.07) is 8.16. The van der Waals surface area contributed by atoms with Crippen molar-refractivity contribution < 1.29 is 4.79 Å². The van der Waals surface area contributed by atoms with Gasteiger partial charge in [0, 0.05) is 17.5 Å². The number of carbonyl (C=O) groups excluding carboxylic acids is 1. The van der Waals surface area contributed by atoms with E-state index in [-0.39, 0.29) is 17.7 Å². The molecule has 0 amide bonds. The van der Waals surface area contributed by atoms with Gasteiger partial charge in [0.1, 0.15) is 0 Å². The van der Waals surface area contributed by atoms with Gasteiger partial charge < -0.3 is 5.73 Å². The molecule has 0 aliphatic heterocycles. The van der Waals surface area contributed by atoms with Crippen LogP contribution in [0.25, 0.3) is 0 Å². The maximum absolute atomic E-state index is 12.6. The van der Waals surface area contributed by atoms with Crippen LogP contribution >= 0.6 is 0 Å².